The van der Waals surface area contributed by atoms with Gasteiger partial charge in [-0.1, -0.05) is 64.8 Å². The first kappa shape index (κ1) is 20.6. The highest BCUT2D eigenvalue weighted by Crippen LogP contribution is 2.25. The molecule has 30 heavy (non-hydrogen) atoms. The summed E-state index contributed by atoms with van der Waals surface area (Å²) in [5.74, 6) is 1.36. The zero-order chi connectivity index (χ0) is 20.8. The van der Waals surface area contributed by atoms with E-state index in [9.17, 15) is 9.59 Å². The summed E-state index contributed by atoms with van der Waals surface area (Å²) in [6, 6.07) is 17.2. The number of carbonyl (C=O) groups is 1. The lowest BCUT2D eigenvalue weighted by Crippen LogP contribution is -2.19. The van der Waals surface area contributed by atoms with Gasteiger partial charge < -0.3 is 10.1 Å². The van der Waals surface area contributed by atoms with Crippen molar-refractivity contribution in [3.63, 3.8) is 0 Å². The highest BCUT2D eigenvalue weighted by atomic mass is 32.2. The SMILES string of the molecule is O=C(CCn1c(=O)sc2ccccc21)Nc1nnc(SCCOc2ccccc2)s1. The van der Waals surface area contributed by atoms with Crippen molar-refractivity contribution < 1.29 is 9.53 Å². The molecule has 7 nitrogen and oxygen atoms in total. The van der Waals surface area contributed by atoms with E-state index in [4.69, 9.17) is 4.74 Å². The van der Waals surface area contributed by atoms with Gasteiger partial charge in [-0.3, -0.25) is 14.2 Å². The number of nitrogens with zero attached hydrogens (tertiary/aromatic N) is 3. The molecule has 10 heteroatoms. The Kier molecular flexibility index (Phi) is 6.77. The number of rotatable bonds is 9. The first-order valence-corrected chi connectivity index (χ1v) is 11.8. The Morgan fingerprint density at radius 3 is 2.73 bits per heavy atom. The van der Waals surface area contributed by atoms with E-state index in [1.165, 1.54) is 34.4 Å². The third kappa shape index (κ3) is 5.26. The number of ether oxygens (including phenoxy) is 1. The highest BCUT2D eigenvalue weighted by molar-refractivity contribution is 8.01. The first-order chi connectivity index (χ1) is 14.7. The van der Waals surface area contributed by atoms with E-state index in [0.29, 0.717) is 18.3 Å². The van der Waals surface area contributed by atoms with Crippen LogP contribution in [0.5, 0.6) is 5.75 Å². The fourth-order valence-electron chi connectivity index (χ4n) is 2.74. The summed E-state index contributed by atoms with van der Waals surface area (Å²) in [4.78, 5) is 24.4. The lowest BCUT2D eigenvalue weighted by molar-refractivity contribution is -0.116. The lowest BCUT2D eigenvalue weighted by atomic mass is 10.3. The van der Waals surface area contributed by atoms with Gasteiger partial charge in [0.15, 0.2) is 4.34 Å². The lowest BCUT2D eigenvalue weighted by Gasteiger charge is -2.04. The van der Waals surface area contributed by atoms with Crippen LogP contribution in [0.3, 0.4) is 0 Å². The van der Waals surface area contributed by atoms with Gasteiger partial charge in [0.1, 0.15) is 5.75 Å². The van der Waals surface area contributed by atoms with Crippen LogP contribution in [0.1, 0.15) is 6.42 Å². The van der Waals surface area contributed by atoms with Crippen molar-refractivity contribution in [3.05, 3.63) is 64.3 Å². The number of para-hydroxylation sites is 2. The van der Waals surface area contributed by atoms with E-state index in [2.05, 4.69) is 15.5 Å². The molecule has 2 heterocycles. The Hall–Kier alpha value is -2.69. The third-order valence-electron chi connectivity index (χ3n) is 4.11. The number of thioether (sulfide) groups is 1. The van der Waals surface area contributed by atoms with Crippen molar-refractivity contribution in [1.29, 1.82) is 0 Å². The van der Waals surface area contributed by atoms with E-state index in [-0.39, 0.29) is 17.2 Å². The average Bonchev–Trinajstić information content (AvgIpc) is 3.33. The quantitative estimate of drug-likeness (QED) is 0.231. The highest BCUT2D eigenvalue weighted by Gasteiger charge is 2.11. The maximum absolute atomic E-state index is 12.3. The van der Waals surface area contributed by atoms with Crippen molar-refractivity contribution in [2.45, 2.75) is 17.3 Å². The monoisotopic (exact) mass is 458 g/mol. The molecule has 0 aliphatic carbocycles. The molecular weight excluding hydrogens is 440 g/mol. The number of nitrogens with one attached hydrogen (secondary N) is 1. The summed E-state index contributed by atoms with van der Waals surface area (Å²) in [5, 5.41) is 11.3. The smallest absolute Gasteiger partial charge is 0.308 e. The van der Waals surface area contributed by atoms with Crippen LogP contribution in [-0.4, -0.2) is 33.0 Å². The minimum Gasteiger partial charge on any atom is -0.493 e. The Morgan fingerprint density at radius 2 is 1.87 bits per heavy atom. The van der Waals surface area contributed by atoms with Crippen LogP contribution in [0.4, 0.5) is 5.13 Å². The van der Waals surface area contributed by atoms with Gasteiger partial charge in [0.2, 0.25) is 11.0 Å². The molecule has 0 atom stereocenters. The van der Waals surface area contributed by atoms with Gasteiger partial charge in [-0.05, 0) is 24.3 Å². The molecule has 4 rings (SSSR count). The topological polar surface area (TPSA) is 86.1 Å². The molecule has 0 saturated heterocycles. The number of fused-ring (bicyclic) bond motifs is 1. The number of carbonyl (C=O) groups excluding carboxylic acids is 1. The summed E-state index contributed by atoms with van der Waals surface area (Å²) < 4.78 is 8.97. The second-order valence-electron chi connectivity index (χ2n) is 6.17. The normalized spacial score (nSPS) is 10.9. The van der Waals surface area contributed by atoms with Crippen molar-refractivity contribution in [2.75, 3.05) is 17.7 Å². The van der Waals surface area contributed by atoms with Gasteiger partial charge in [0, 0.05) is 18.7 Å². The molecule has 0 bridgehead atoms. The number of benzene rings is 2. The number of aryl methyl sites for hydroxylation is 1. The van der Waals surface area contributed by atoms with Crippen LogP contribution in [0.15, 0.2) is 63.7 Å². The first-order valence-electron chi connectivity index (χ1n) is 9.21. The molecule has 1 N–H and O–H groups in total. The van der Waals surface area contributed by atoms with Crippen LogP contribution in [0, 0.1) is 0 Å². The van der Waals surface area contributed by atoms with E-state index in [0.717, 1.165) is 26.1 Å². The second kappa shape index (κ2) is 9.88. The standard InChI is InChI=1S/C20H18N4O3S3/c25-17(10-11-24-15-8-4-5-9-16(15)29-20(24)26)21-18-22-23-19(30-18)28-13-12-27-14-6-2-1-3-7-14/h1-9H,10-13H2,(H,21,22,25). The molecule has 0 saturated carbocycles. The molecule has 4 aromatic rings. The average molecular weight is 459 g/mol. The van der Waals surface area contributed by atoms with E-state index >= 15 is 0 Å². The van der Waals surface area contributed by atoms with Crippen LogP contribution in [0.2, 0.25) is 0 Å². The number of hydrogen-bond donors (Lipinski definition) is 1. The summed E-state index contributed by atoms with van der Waals surface area (Å²) in [7, 11) is 0. The Labute approximate surface area is 184 Å². The van der Waals surface area contributed by atoms with Crippen molar-refractivity contribution in [1.82, 2.24) is 14.8 Å². The minimum absolute atomic E-state index is 0.0590. The Bertz CT molecular complexity index is 1190. The van der Waals surface area contributed by atoms with E-state index in [1.54, 1.807) is 4.57 Å². The van der Waals surface area contributed by atoms with Crippen LogP contribution < -0.4 is 14.9 Å². The summed E-state index contributed by atoms with van der Waals surface area (Å²) in [6.45, 7) is 0.880. The molecule has 2 aromatic carbocycles. The maximum Gasteiger partial charge on any atom is 0.308 e. The van der Waals surface area contributed by atoms with Gasteiger partial charge in [-0.25, -0.2) is 0 Å². The van der Waals surface area contributed by atoms with Gasteiger partial charge in [-0.15, -0.1) is 10.2 Å². The van der Waals surface area contributed by atoms with Gasteiger partial charge in [-0.2, -0.15) is 0 Å². The third-order valence-corrected chi connectivity index (χ3v) is 7.01. The van der Waals surface area contributed by atoms with E-state index in [1.807, 2.05) is 54.6 Å². The zero-order valence-electron chi connectivity index (χ0n) is 15.8. The zero-order valence-corrected chi connectivity index (χ0v) is 18.3. The molecule has 0 fully saturated rings. The maximum atomic E-state index is 12.3. The number of thiazole rings is 1. The number of amides is 1. The molecule has 0 aliphatic heterocycles. The molecule has 154 valence electrons. The predicted molar refractivity (Wildman–Crippen MR) is 122 cm³/mol. The van der Waals surface area contributed by atoms with Gasteiger partial charge in [0.05, 0.1) is 16.8 Å². The molecule has 2 aromatic heterocycles. The second-order valence-corrected chi connectivity index (χ2v) is 9.48. The number of aromatic nitrogens is 3. The molecular formula is C20H18N4O3S3. The fraction of sp³-hybridized carbons (Fsp3) is 0.200. The predicted octanol–water partition coefficient (Wildman–Crippen LogP) is 4.11. The molecule has 0 aliphatic rings. The Morgan fingerprint density at radius 1 is 1.07 bits per heavy atom. The van der Waals surface area contributed by atoms with Crippen LogP contribution >= 0.6 is 34.4 Å². The van der Waals surface area contributed by atoms with Crippen molar-refractivity contribution >= 4 is 55.7 Å². The molecule has 1 amide bonds. The van der Waals surface area contributed by atoms with Crippen LogP contribution in [-0.2, 0) is 11.3 Å². The Balaban J connectivity index is 1.23. The summed E-state index contributed by atoms with van der Waals surface area (Å²) in [6.07, 6.45) is 0.188. The number of hydrogen-bond acceptors (Lipinski definition) is 8. The van der Waals surface area contributed by atoms with Gasteiger partial charge in [0.25, 0.3) is 0 Å². The van der Waals surface area contributed by atoms with Gasteiger partial charge >= 0.3 is 4.87 Å². The summed E-state index contributed by atoms with van der Waals surface area (Å²) in [5.41, 5.74) is 0.854. The van der Waals surface area contributed by atoms with Crippen molar-refractivity contribution in [2.24, 2.45) is 0 Å². The van der Waals surface area contributed by atoms with E-state index < -0.39 is 0 Å². The van der Waals surface area contributed by atoms with Crippen molar-refractivity contribution in [3.8, 4) is 5.75 Å². The molecule has 0 spiro atoms. The fourth-order valence-corrected chi connectivity index (χ4v) is 5.32. The summed E-state index contributed by atoms with van der Waals surface area (Å²) >= 11 is 4.04. The minimum atomic E-state index is -0.197. The molecule has 0 unspecified atom stereocenters. The largest absolute Gasteiger partial charge is 0.493 e. The molecule has 0 radical (unpaired) electrons. The number of anilines is 1. The van der Waals surface area contributed by atoms with Crippen LogP contribution in [0.25, 0.3) is 10.2 Å².